The number of hydrogen-bond acceptors (Lipinski definition) is 7. The van der Waals surface area contributed by atoms with Crippen LogP contribution in [0.15, 0.2) is 54.6 Å². The highest BCUT2D eigenvalue weighted by Gasteiger charge is 2.45. The number of rotatable bonds is 11. The Kier molecular flexibility index (Phi) is 8.35. The van der Waals surface area contributed by atoms with E-state index in [1.54, 1.807) is 0 Å². The van der Waals surface area contributed by atoms with Gasteiger partial charge in [0.2, 0.25) is 0 Å². The Morgan fingerprint density at radius 1 is 1.10 bits per heavy atom. The summed E-state index contributed by atoms with van der Waals surface area (Å²) in [5, 5.41) is 3.52. The minimum atomic E-state index is -2.99. The molecule has 3 aromatic carbocycles. The Bertz CT molecular complexity index is 1480. The van der Waals surface area contributed by atoms with Crippen molar-refractivity contribution in [1.82, 2.24) is 0 Å². The molecule has 0 unspecified atom stereocenters. The Morgan fingerprint density at radius 2 is 1.90 bits per heavy atom. The highest BCUT2D eigenvalue weighted by Crippen LogP contribution is 2.48. The van der Waals surface area contributed by atoms with Crippen molar-refractivity contribution in [3.05, 3.63) is 76.9 Å². The number of esters is 1. The molecule has 0 spiro atoms. The molecule has 1 fully saturated rings. The molecule has 40 heavy (non-hydrogen) atoms. The van der Waals surface area contributed by atoms with Crippen molar-refractivity contribution in [3.63, 3.8) is 0 Å². The number of hydrogen-bond donors (Lipinski definition) is 1. The van der Waals surface area contributed by atoms with Crippen molar-refractivity contribution in [3.8, 4) is 22.6 Å². The van der Waals surface area contributed by atoms with E-state index in [2.05, 4.69) is 54.7 Å². The molecule has 1 aliphatic heterocycles. The molecule has 0 saturated heterocycles. The quantitative estimate of drug-likeness (QED) is 0.237. The highest BCUT2D eigenvalue weighted by molar-refractivity contribution is 7.90. The molecule has 8 heteroatoms. The van der Waals surface area contributed by atoms with Gasteiger partial charge in [-0.25, -0.2) is 8.42 Å². The minimum Gasteiger partial charge on any atom is -0.494 e. The molecule has 0 aromatic heterocycles. The lowest BCUT2D eigenvalue weighted by molar-refractivity contribution is -0.144. The zero-order valence-electron chi connectivity index (χ0n) is 23.4. The van der Waals surface area contributed by atoms with Crippen LogP contribution in [0.25, 0.3) is 11.1 Å². The van der Waals surface area contributed by atoms with Crippen molar-refractivity contribution >= 4 is 21.5 Å². The summed E-state index contributed by atoms with van der Waals surface area (Å²) in [6.07, 6.45) is 3.34. The monoisotopic (exact) mass is 563 g/mol. The first kappa shape index (κ1) is 28.0. The van der Waals surface area contributed by atoms with E-state index in [9.17, 15) is 13.2 Å². The second-order valence-corrected chi connectivity index (χ2v) is 13.0. The molecule has 1 aliphatic carbocycles. The Balaban J connectivity index is 1.25. The van der Waals surface area contributed by atoms with Crippen molar-refractivity contribution in [1.29, 1.82) is 0 Å². The minimum absolute atomic E-state index is 0.00518. The lowest BCUT2D eigenvalue weighted by Gasteiger charge is -2.16. The zero-order chi connectivity index (χ0) is 28.3. The van der Waals surface area contributed by atoms with Gasteiger partial charge in [0.05, 0.1) is 31.5 Å². The third-order valence-electron chi connectivity index (χ3n) is 7.48. The van der Waals surface area contributed by atoms with Crippen LogP contribution in [0.4, 0.5) is 5.69 Å². The molecule has 0 radical (unpaired) electrons. The number of ether oxygens (including phenoxy) is 3. The number of anilines is 1. The van der Waals surface area contributed by atoms with Gasteiger partial charge in [0, 0.05) is 30.5 Å². The molecule has 7 nitrogen and oxygen atoms in total. The van der Waals surface area contributed by atoms with E-state index < -0.39 is 9.84 Å². The molecule has 0 bridgehead atoms. The summed E-state index contributed by atoms with van der Waals surface area (Å²) in [4.78, 5) is 12.0. The second-order valence-electron chi connectivity index (χ2n) is 10.7. The predicted octanol–water partition coefficient (Wildman–Crippen LogP) is 5.69. The Morgan fingerprint density at radius 3 is 2.65 bits per heavy atom. The van der Waals surface area contributed by atoms with Gasteiger partial charge < -0.3 is 19.5 Å². The maximum atomic E-state index is 12.0. The molecule has 3 aromatic rings. The number of benzene rings is 3. The molecule has 2 atom stereocenters. The summed E-state index contributed by atoms with van der Waals surface area (Å²) in [6.45, 7) is 5.95. The fraction of sp³-hybridized carbons (Fsp3) is 0.406. The van der Waals surface area contributed by atoms with Crippen LogP contribution in [-0.2, 0) is 32.3 Å². The molecule has 5 rings (SSSR count). The fourth-order valence-electron chi connectivity index (χ4n) is 5.41. The molecule has 0 amide bonds. The maximum Gasteiger partial charge on any atom is 0.309 e. The van der Waals surface area contributed by atoms with Crippen LogP contribution in [0.5, 0.6) is 11.5 Å². The molecular formula is C32H37NO6S. The van der Waals surface area contributed by atoms with Crippen molar-refractivity contribution in [2.45, 2.75) is 45.6 Å². The largest absolute Gasteiger partial charge is 0.494 e. The SMILES string of the molecule is CCOC(=O)[C@H]1C[C@@H]1c1ccc(NCc2ccc3c(c2)-c2c(C)cc(OCCCS(C)(=O)=O)cc2CCO3)cc1. The Labute approximate surface area is 236 Å². The summed E-state index contributed by atoms with van der Waals surface area (Å²) in [5.41, 5.74) is 7.85. The average molecular weight is 564 g/mol. The number of fused-ring (bicyclic) bond motifs is 3. The van der Waals surface area contributed by atoms with Crippen LogP contribution in [0.1, 0.15) is 47.9 Å². The molecule has 212 valence electrons. The van der Waals surface area contributed by atoms with Crippen LogP contribution in [-0.4, -0.2) is 46.2 Å². The molecule has 1 heterocycles. The lowest BCUT2D eigenvalue weighted by Crippen LogP contribution is -2.08. The van der Waals surface area contributed by atoms with Gasteiger partial charge in [-0.3, -0.25) is 4.79 Å². The van der Waals surface area contributed by atoms with Gasteiger partial charge in [0.15, 0.2) is 0 Å². The first-order chi connectivity index (χ1) is 19.2. The number of carbonyl (C=O) groups excluding carboxylic acids is 1. The topological polar surface area (TPSA) is 90.9 Å². The second kappa shape index (κ2) is 11.9. The van der Waals surface area contributed by atoms with Gasteiger partial charge in [-0.2, -0.15) is 0 Å². The van der Waals surface area contributed by atoms with Crippen molar-refractivity contribution in [2.75, 3.05) is 37.1 Å². The van der Waals surface area contributed by atoms with Gasteiger partial charge in [0.1, 0.15) is 21.3 Å². The predicted molar refractivity (Wildman–Crippen MR) is 157 cm³/mol. The summed E-state index contributed by atoms with van der Waals surface area (Å²) < 4.78 is 40.0. The molecular weight excluding hydrogens is 526 g/mol. The number of nitrogens with one attached hydrogen (secondary N) is 1. The van der Waals surface area contributed by atoms with Crippen molar-refractivity contribution in [2.24, 2.45) is 5.92 Å². The van der Waals surface area contributed by atoms with E-state index in [4.69, 9.17) is 14.2 Å². The van der Waals surface area contributed by atoms with Crippen LogP contribution in [0.3, 0.4) is 0 Å². The van der Waals surface area contributed by atoms with Crippen LogP contribution in [0.2, 0.25) is 0 Å². The third-order valence-corrected chi connectivity index (χ3v) is 8.51. The van der Waals surface area contributed by atoms with E-state index in [0.717, 1.165) is 46.7 Å². The van der Waals surface area contributed by atoms with E-state index >= 15 is 0 Å². The summed E-state index contributed by atoms with van der Waals surface area (Å²) >= 11 is 0. The van der Waals surface area contributed by atoms with Gasteiger partial charge >= 0.3 is 5.97 Å². The number of aryl methyl sites for hydroxylation is 1. The fourth-order valence-corrected chi connectivity index (χ4v) is 6.05. The average Bonchev–Trinajstić information content (AvgIpc) is 3.73. The van der Waals surface area contributed by atoms with Crippen LogP contribution >= 0.6 is 0 Å². The molecule has 1 saturated carbocycles. The number of sulfone groups is 1. The standard InChI is InChI=1S/C32H37NO6S/c1-4-37-32(34)28-19-27(28)23-7-9-25(10-8-23)33-20-22-6-11-30-29(17-22)31-21(2)16-26(18-24(31)12-14-39-30)38-13-5-15-40(3,35)36/h6-11,16-18,27-28,33H,4-5,12-15,19-20H2,1-3H3/t27-,28+/m1/s1. The molecule has 1 N–H and O–H groups in total. The van der Waals surface area contributed by atoms with E-state index in [1.165, 1.54) is 22.9 Å². The normalized spacial score (nSPS) is 17.6. The summed E-state index contributed by atoms with van der Waals surface area (Å²) in [6, 6.07) is 18.7. The van der Waals surface area contributed by atoms with Gasteiger partial charge in [-0.05, 0) is 96.8 Å². The van der Waals surface area contributed by atoms with Gasteiger partial charge in [-0.1, -0.05) is 18.2 Å². The van der Waals surface area contributed by atoms with E-state index in [0.29, 0.717) is 32.8 Å². The van der Waals surface area contributed by atoms with Gasteiger partial charge in [-0.15, -0.1) is 0 Å². The van der Waals surface area contributed by atoms with Gasteiger partial charge in [0.25, 0.3) is 0 Å². The summed E-state index contributed by atoms with van der Waals surface area (Å²) in [5.74, 6) is 1.92. The summed E-state index contributed by atoms with van der Waals surface area (Å²) in [7, 11) is -2.99. The number of carbonyl (C=O) groups is 1. The first-order valence-electron chi connectivity index (χ1n) is 13.9. The van der Waals surface area contributed by atoms with Crippen molar-refractivity contribution < 1.29 is 27.4 Å². The van der Waals surface area contributed by atoms with Crippen LogP contribution < -0.4 is 14.8 Å². The third kappa shape index (κ3) is 6.78. The Hall–Kier alpha value is -3.52. The van der Waals surface area contributed by atoms with Crippen LogP contribution in [0, 0.1) is 12.8 Å². The van der Waals surface area contributed by atoms with E-state index in [-0.39, 0.29) is 23.6 Å². The highest BCUT2D eigenvalue weighted by atomic mass is 32.2. The zero-order valence-corrected chi connectivity index (χ0v) is 24.2. The molecule has 2 aliphatic rings. The van der Waals surface area contributed by atoms with E-state index in [1.807, 2.05) is 19.1 Å². The first-order valence-corrected chi connectivity index (χ1v) is 16.0. The smallest absolute Gasteiger partial charge is 0.309 e. The lowest BCUT2D eigenvalue weighted by atomic mass is 9.92. The maximum absolute atomic E-state index is 12.0.